The third-order valence-electron chi connectivity index (χ3n) is 4.99. The molecular weight excluding hydrogens is 510 g/mol. The van der Waals surface area contributed by atoms with E-state index in [9.17, 15) is 29.1 Å². The van der Waals surface area contributed by atoms with Gasteiger partial charge in [-0.3, -0.25) is 24.2 Å². The number of aromatic amines is 1. The number of hydrogen-bond acceptors (Lipinski definition) is 9. The highest BCUT2D eigenvalue weighted by molar-refractivity contribution is 7.80. The zero-order valence-electron chi connectivity index (χ0n) is 19.9. The topological polar surface area (TPSA) is 281 Å². The maximum absolute atomic E-state index is 13.0. The molecule has 0 aromatic carbocycles. The van der Waals surface area contributed by atoms with E-state index in [-0.39, 0.29) is 37.5 Å². The SMILES string of the molecule is NC(N)=NCCCC(NC(=O)C(N)Cc1cnc[nH]1)C(=O)NC(CS)C(=O)NC(CCC(=O)O)C(=O)O. The second-order valence-electron chi connectivity index (χ2n) is 7.97. The number of nitrogens with zero attached hydrogens (tertiary/aromatic N) is 2. The predicted molar refractivity (Wildman–Crippen MR) is 134 cm³/mol. The molecule has 12 N–H and O–H groups in total. The van der Waals surface area contributed by atoms with E-state index in [0.717, 1.165) is 0 Å². The lowest BCUT2D eigenvalue weighted by atomic mass is 10.1. The summed E-state index contributed by atoms with van der Waals surface area (Å²) in [7, 11) is 0. The maximum atomic E-state index is 13.0. The summed E-state index contributed by atoms with van der Waals surface area (Å²) in [4.78, 5) is 70.8. The van der Waals surface area contributed by atoms with Crippen LogP contribution < -0.4 is 33.2 Å². The monoisotopic (exact) mass is 543 g/mol. The molecule has 0 aliphatic carbocycles. The quantitative estimate of drug-likeness (QED) is 0.0401. The van der Waals surface area contributed by atoms with Crippen LogP contribution in [0.15, 0.2) is 17.5 Å². The number of nitrogens with two attached hydrogens (primary N) is 3. The number of rotatable bonds is 17. The van der Waals surface area contributed by atoms with E-state index in [1.54, 1.807) is 0 Å². The zero-order chi connectivity index (χ0) is 28.0. The number of carboxylic acid groups (broad SMARTS) is 2. The molecule has 0 aliphatic heterocycles. The number of aromatic nitrogens is 2. The Labute approximate surface area is 217 Å². The first-order chi connectivity index (χ1) is 17.4. The Kier molecular flexibility index (Phi) is 13.5. The van der Waals surface area contributed by atoms with Gasteiger partial charge in [-0.25, -0.2) is 9.78 Å². The maximum Gasteiger partial charge on any atom is 0.326 e. The van der Waals surface area contributed by atoms with Gasteiger partial charge in [-0.1, -0.05) is 0 Å². The smallest absolute Gasteiger partial charge is 0.326 e. The molecule has 17 heteroatoms. The first kappa shape index (κ1) is 31.2. The van der Waals surface area contributed by atoms with Crippen LogP contribution in [0.25, 0.3) is 0 Å². The highest BCUT2D eigenvalue weighted by atomic mass is 32.1. The first-order valence-corrected chi connectivity index (χ1v) is 11.8. The Morgan fingerprint density at radius 1 is 1.00 bits per heavy atom. The van der Waals surface area contributed by atoms with Crippen molar-refractivity contribution in [2.24, 2.45) is 22.2 Å². The van der Waals surface area contributed by atoms with Crippen LogP contribution in [0.2, 0.25) is 0 Å². The third kappa shape index (κ3) is 12.1. The molecule has 0 aliphatic rings. The van der Waals surface area contributed by atoms with Crippen molar-refractivity contribution in [1.29, 1.82) is 0 Å². The van der Waals surface area contributed by atoms with Gasteiger partial charge in [0.1, 0.15) is 18.1 Å². The molecule has 1 aromatic heterocycles. The average Bonchev–Trinajstić information content (AvgIpc) is 3.34. The van der Waals surface area contributed by atoms with Crippen molar-refractivity contribution in [2.75, 3.05) is 12.3 Å². The van der Waals surface area contributed by atoms with Crippen molar-refractivity contribution in [3.8, 4) is 0 Å². The van der Waals surface area contributed by atoms with Gasteiger partial charge < -0.3 is 48.3 Å². The van der Waals surface area contributed by atoms with E-state index in [2.05, 4.69) is 43.5 Å². The van der Waals surface area contributed by atoms with Crippen LogP contribution in [0.5, 0.6) is 0 Å². The fraction of sp³-hybridized carbons (Fsp3) is 0.550. The second kappa shape index (κ2) is 16.0. The fourth-order valence-corrected chi connectivity index (χ4v) is 3.30. The number of carbonyl (C=O) groups is 5. The van der Waals surface area contributed by atoms with Crippen molar-refractivity contribution in [3.63, 3.8) is 0 Å². The number of thiol groups is 1. The summed E-state index contributed by atoms with van der Waals surface area (Å²) in [5.74, 6) is -5.30. The first-order valence-electron chi connectivity index (χ1n) is 11.2. The van der Waals surface area contributed by atoms with Crippen molar-refractivity contribution in [2.45, 2.75) is 56.3 Å². The van der Waals surface area contributed by atoms with Crippen molar-refractivity contribution < 1.29 is 34.2 Å². The fourth-order valence-electron chi connectivity index (χ4n) is 3.04. The van der Waals surface area contributed by atoms with Gasteiger partial charge in [0.25, 0.3) is 0 Å². The summed E-state index contributed by atoms with van der Waals surface area (Å²) in [5.41, 5.74) is 17.1. The largest absolute Gasteiger partial charge is 0.481 e. The number of carboxylic acids is 2. The molecule has 4 unspecified atom stereocenters. The number of nitrogens with one attached hydrogen (secondary N) is 4. The Morgan fingerprint density at radius 3 is 2.16 bits per heavy atom. The lowest BCUT2D eigenvalue weighted by Crippen LogP contribution is -2.57. The molecule has 0 saturated carbocycles. The molecule has 1 heterocycles. The number of hydrogen-bond donors (Lipinski definition) is 10. The molecular formula is C20H33N9O7S. The van der Waals surface area contributed by atoms with Gasteiger partial charge in [0.15, 0.2) is 5.96 Å². The van der Waals surface area contributed by atoms with Gasteiger partial charge in [0, 0.05) is 37.0 Å². The van der Waals surface area contributed by atoms with Crippen LogP contribution >= 0.6 is 12.6 Å². The average molecular weight is 544 g/mol. The van der Waals surface area contributed by atoms with Crippen LogP contribution in [0, 0.1) is 0 Å². The normalized spacial score (nSPS) is 13.9. The van der Waals surface area contributed by atoms with Crippen LogP contribution in [0.3, 0.4) is 0 Å². The molecule has 0 saturated heterocycles. The van der Waals surface area contributed by atoms with Gasteiger partial charge in [-0.2, -0.15) is 12.6 Å². The van der Waals surface area contributed by atoms with E-state index >= 15 is 0 Å². The molecule has 16 nitrogen and oxygen atoms in total. The number of imidazole rings is 1. The molecule has 206 valence electrons. The second-order valence-corrected chi connectivity index (χ2v) is 8.34. The number of aliphatic carboxylic acids is 2. The summed E-state index contributed by atoms with van der Waals surface area (Å²) in [6.07, 6.45) is 2.59. The Morgan fingerprint density at radius 2 is 1.62 bits per heavy atom. The summed E-state index contributed by atoms with van der Waals surface area (Å²) < 4.78 is 0. The van der Waals surface area contributed by atoms with E-state index < -0.39 is 60.2 Å². The molecule has 0 bridgehead atoms. The summed E-state index contributed by atoms with van der Waals surface area (Å²) >= 11 is 4.04. The predicted octanol–water partition coefficient (Wildman–Crippen LogP) is -3.33. The molecule has 37 heavy (non-hydrogen) atoms. The van der Waals surface area contributed by atoms with Crippen molar-refractivity contribution in [3.05, 3.63) is 18.2 Å². The zero-order valence-corrected chi connectivity index (χ0v) is 20.8. The molecule has 4 atom stereocenters. The van der Waals surface area contributed by atoms with Crippen LogP contribution in [0.1, 0.15) is 31.4 Å². The van der Waals surface area contributed by atoms with E-state index in [1.807, 2.05) is 0 Å². The van der Waals surface area contributed by atoms with Crippen LogP contribution in [0.4, 0.5) is 0 Å². The van der Waals surface area contributed by atoms with Gasteiger partial charge in [0.2, 0.25) is 17.7 Å². The molecule has 0 fully saturated rings. The molecule has 1 rings (SSSR count). The minimum Gasteiger partial charge on any atom is -0.481 e. The Balaban J connectivity index is 2.88. The van der Waals surface area contributed by atoms with Crippen LogP contribution in [-0.4, -0.2) is 92.3 Å². The van der Waals surface area contributed by atoms with Gasteiger partial charge in [-0.15, -0.1) is 0 Å². The molecule has 1 aromatic rings. The van der Waals surface area contributed by atoms with Crippen molar-refractivity contribution >= 4 is 48.2 Å². The highest BCUT2D eigenvalue weighted by Crippen LogP contribution is 2.04. The van der Waals surface area contributed by atoms with E-state index in [0.29, 0.717) is 12.1 Å². The Hall–Kier alpha value is -3.86. The highest BCUT2D eigenvalue weighted by Gasteiger charge is 2.30. The van der Waals surface area contributed by atoms with Gasteiger partial charge in [0.05, 0.1) is 12.4 Å². The summed E-state index contributed by atoms with van der Waals surface area (Å²) in [6.45, 7) is 0.169. The number of amides is 3. The third-order valence-corrected chi connectivity index (χ3v) is 5.35. The van der Waals surface area contributed by atoms with E-state index in [4.69, 9.17) is 22.3 Å². The lowest BCUT2D eigenvalue weighted by Gasteiger charge is -2.24. The van der Waals surface area contributed by atoms with Gasteiger partial charge in [-0.05, 0) is 19.3 Å². The molecule has 0 radical (unpaired) electrons. The van der Waals surface area contributed by atoms with Gasteiger partial charge >= 0.3 is 11.9 Å². The number of H-pyrrole nitrogens is 1. The minimum atomic E-state index is -1.49. The van der Waals surface area contributed by atoms with E-state index in [1.165, 1.54) is 12.5 Å². The van der Waals surface area contributed by atoms with Crippen molar-refractivity contribution in [1.82, 2.24) is 25.9 Å². The summed E-state index contributed by atoms with van der Waals surface area (Å²) in [5, 5.41) is 25.2. The van der Waals surface area contributed by atoms with Crippen LogP contribution in [-0.2, 0) is 30.4 Å². The molecule has 0 spiro atoms. The standard InChI is InChI=1S/C20H33N9O7S/c21-11(6-10-7-24-9-26-10)16(32)27-12(2-1-5-25-20(22)23)17(33)29-14(8-37)18(34)28-13(19(35)36)3-4-15(30)31/h7,9,11-14,37H,1-6,8,21H2,(H,24,26)(H,27,32)(H,28,34)(H,29,33)(H,30,31)(H,35,36)(H4,22,23,25). The Bertz CT molecular complexity index is 954. The minimum absolute atomic E-state index is 0.0857. The number of guanidine groups is 1. The summed E-state index contributed by atoms with van der Waals surface area (Å²) in [6, 6.07) is -4.91. The number of aliphatic imine (C=N–C) groups is 1. The number of carbonyl (C=O) groups excluding carboxylic acids is 3. The molecule has 3 amide bonds. The lowest BCUT2D eigenvalue weighted by molar-refractivity contribution is -0.143.